The van der Waals surface area contributed by atoms with Crippen LogP contribution in [0.1, 0.15) is 46.5 Å². The predicted octanol–water partition coefficient (Wildman–Crippen LogP) is 2.61. The van der Waals surface area contributed by atoms with Gasteiger partial charge in [0.25, 0.3) is 0 Å². The molecule has 0 bridgehead atoms. The normalized spacial score (nSPS) is 21.2. The molecule has 7 heteroatoms. The summed E-state index contributed by atoms with van der Waals surface area (Å²) in [7, 11) is 0. The molecule has 2 saturated heterocycles. The van der Waals surface area contributed by atoms with Gasteiger partial charge in [-0.2, -0.15) is 0 Å². The van der Waals surface area contributed by atoms with Crippen molar-refractivity contribution in [3.8, 4) is 0 Å². The molecule has 7 nitrogen and oxygen atoms in total. The van der Waals surface area contributed by atoms with Gasteiger partial charge in [-0.05, 0) is 71.4 Å². The van der Waals surface area contributed by atoms with E-state index in [1.807, 2.05) is 20.8 Å². The van der Waals surface area contributed by atoms with Gasteiger partial charge in [0.15, 0.2) is 0 Å². The van der Waals surface area contributed by atoms with Gasteiger partial charge in [0.2, 0.25) is 0 Å². The number of ether oxygens (including phenoxy) is 1. The molecular weight excluding hydrogens is 322 g/mol. The Balaban J connectivity index is 1.60. The average molecular weight is 355 g/mol. The van der Waals surface area contributed by atoms with Crippen LogP contribution in [-0.2, 0) is 4.74 Å². The molecule has 2 aliphatic heterocycles. The zero-order chi connectivity index (χ0) is 18.4. The summed E-state index contributed by atoms with van der Waals surface area (Å²) >= 11 is 0. The number of carboxylic acid groups (broad SMARTS) is 1. The van der Waals surface area contributed by atoms with Crippen LogP contribution < -0.4 is 5.32 Å². The highest BCUT2D eigenvalue weighted by atomic mass is 16.6. The van der Waals surface area contributed by atoms with Gasteiger partial charge in [-0.1, -0.05) is 0 Å². The van der Waals surface area contributed by atoms with Crippen molar-refractivity contribution in [3.05, 3.63) is 0 Å². The van der Waals surface area contributed by atoms with E-state index in [0.29, 0.717) is 31.5 Å². The summed E-state index contributed by atoms with van der Waals surface area (Å²) in [6.45, 7) is 10.8. The lowest BCUT2D eigenvalue weighted by atomic mass is 9.93. The van der Waals surface area contributed by atoms with Crippen LogP contribution in [0, 0.1) is 11.8 Å². The van der Waals surface area contributed by atoms with E-state index in [1.54, 1.807) is 0 Å². The molecule has 0 aromatic carbocycles. The van der Waals surface area contributed by atoms with Crippen molar-refractivity contribution in [2.45, 2.75) is 52.1 Å². The van der Waals surface area contributed by atoms with Gasteiger partial charge in [0, 0.05) is 26.2 Å². The van der Waals surface area contributed by atoms with Gasteiger partial charge in [-0.25, -0.2) is 9.59 Å². The van der Waals surface area contributed by atoms with Crippen molar-refractivity contribution in [1.29, 1.82) is 0 Å². The maximum absolute atomic E-state index is 11.7. The number of carbonyl (C=O) groups is 2. The average Bonchev–Trinajstić information content (AvgIpc) is 2.53. The van der Waals surface area contributed by atoms with Crippen LogP contribution in [-0.4, -0.2) is 72.0 Å². The Bertz CT molecular complexity index is 448. The highest BCUT2D eigenvalue weighted by Gasteiger charge is 2.26. The fourth-order valence-corrected chi connectivity index (χ4v) is 3.59. The molecule has 2 rings (SSSR count). The van der Waals surface area contributed by atoms with Crippen LogP contribution >= 0.6 is 0 Å². The Morgan fingerprint density at radius 3 is 2.12 bits per heavy atom. The van der Waals surface area contributed by atoms with Crippen molar-refractivity contribution >= 4 is 12.2 Å². The zero-order valence-electron chi connectivity index (χ0n) is 15.8. The number of carbonyl (C=O) groups excluding carboxylic acids is 1. The third-order valence-electron chi connectivity index (χ3n) is 5.04. The van der Waals surface area contributed by atoms with Crippen molar-refractivity contribution in [2.75, 3.05) is 39.3 Å². The van der Waals surface area contributed by atoms with Crippen LogP contribution in [0.15, 0.2) is 0 Å². The van der Waals surface area contributed by atoms with E-state index in [9.17, 15) is 9.59 Å². The molecule has 2 N–H and O–H groups in total. The van der Waals surface area contributed by atoms with Crippen LogP contribution in [0.2, 0.25) is 0 Å². The van der Waals surface area contributed by atoms with E-state index in [0.717, 1.165) is 45.3 Å². The smallest absolute Gasteiger partial charge is 0.407 e. The highest BCUT2D eigenvalue weighted by molar-refractivity contribution is 5.67. The molecule has 0 radical (unpaired) electrons. The minimum atomic E-state index is -0.795. The first-order valence-electron chi connectivity index (χ1n) is 9.40. The summed E-state index contributed by atoms with van der Waals surface area (Å²) in [5, 5.41) is 11.9. The van der Waals surface area contributed by atoms with Gasteiger partial charge in [-0.15, -0.1) is 0 Å². The number of hydrogen-bond donors (Lipinski definition) is 2. The number of likely N-dealkylation sites (tertiary alicyclic amines) is 2. The standard InChI is InChI=1S/C18H33N3O4/c1-18(2,3)25-16(22)19-12-14-4-8-20(9-5-14)13-15-6-10-21(11-7-15)17(23)24/h14-15H,4-13H2,1-3H3,(H,19,22)(H,23,24). The summed E-state index contributed by atoms with van der Waals surface area (Å²) in [6.07, 6.45) is 2.98. The van der Waals surface area contributed by atoms with E-state index in [-0.39, 0.29) is 6.09 Å². The fourth-order valence-electron chi connectivity index (χ4n) is 3.59. The lowest BCUT2D eigenvalue weighted by molar-refractivity contribution is 0.0507. The number of nitrogens with one attached hydrogen (secondary N) is 1. The Morgan fingerprint density at radius 2 is 1.60 bits per heavy atom. The summed E-state index contributed by atoms with van der Waals surface area (Å²) in [5.41, 5.74) is -0.455. The van der Waals surface area contributed by atoms with Gasteiger partial charge in [-0.3, -0.25) is 0 Å². The quantitative estimate of drug-likeness (QED) is 0.810. The lowest BCUT2D eigenvalue weighted by Crippen LogP contribution is -2.44. The molecule has 144 valence electrons. The topological polar surface area (TPSA) is 82.1 Å². The first-order valence-corrected chi connectivity index (χ1v) is 9.40. The molecule has 2 aliphatic rings. The zero-order valence-corrected chi connectivity index (χ0v) is 15.8. The second-order valence-electron chi connectivity index (χ2n) is 8.34. The molecule has 0 saturated carbocycles. The van der Waals surface area contributed by atoms with Crippen LogP contribution in [0.5, 0.6) is 0 Å². The lowest BCUT2D eigenvalue weighted by Gasteiger charge is -2.37. The predicted molar refractivity (Wildman–Crippen MR) is 95.7 cm³/mol. The van der Waals surface area contributed by atoms with Crippen molar-refractivity contribution < 1.29 is 19.4 Å². The van der Waals surface area contributed by atoms with Crippen LogP contribution in [0.4, 0.5) is 9.59 Å². The second-order valence-corrected chi connectivity index (χ2v) is 8.34. The maximum atomic E-state index is 11.7. The van der Waals surface area contributed by atoms with Crippen molar-refractivity contribution in [2.24, 2.45) is 11.8 Å². The largest absolute Gasteiger partial charge is 0.465 e. The first-order chi connectivity index (χ1) is 11.7. The molecule has 2 heterocycles. The number of amides is 2. The number of rotatable bonds is 4. The molecular formula is C18H33N3O4. The van der Waals surface area contributed by atoms with Crippen LogP contribution in [0.3, 0.4) is 0 Å². The third kappa shape index (κ3) is 7.10. The van der Waals surface area contributed by atoms with E-state index < -0.39 is 11.7 Å². The van der Waals surface area contributed by atoms with E-state index >= 15 is 0 Å². The maximum Gasteiger partial charge on any atom is 0.407 e. The monoisotopic (exact) mass is 355 g/mol. The molecule has 25 heavy (non-hydrogen) atoms. The summed E-state index contributed by atoms with van der Waals surface area (Å²) in [6, 6.07) is 0. The van der Waals surface area contributed by atoms with Gasteiger partial charge < -0.3 is 25.0 Å². The number of piperidine rings is 2. The molecule has 0 spiro atoms. The molecule has 0 aromatic rings. The Kier molecular flexibility index (Phi) is 6.93. The minimum Gasteiger partial charge on any atom is -0.465 e. The fraction of sp³-hybridized carbons (Fsp3) is 0.889. The van der Waals surface area contributed by atoms with Crippen molar-refractivity contribution in [1.82, 2.24) is 15.1 Å². The first kappa shape index (κ1) is 19.8. The molecule has 0 aliphatic carbocycles. The van der Waals surface area contributed by atoms with Gasteiger partial charge in [0.1, 0.15) is 5.60 Å². The van der Waals surface area contributed by atoms with Gasteiger partial charge in [0.05, 0.1) is 0 Å². The molecule has 2 fully saturated rings. The summed E-state index contributed by atoms with van der Waals surface area (Å²) in [5.74, 6) is 1.12. The van der Waals surface area contributed by atoms with E-state index in [4.69, 9.17) is 9.84 Å². The van der Waals surface area contributed by atoms with Gasteiger partial charge >= 0.3 is 12.2 Å². The van der Waals surface area contributed by atoms with E-state index in [2.05, 4.69) is 10.2 Å². The Hall–Kier alpha value is -1.50. The minimum absolute atomic E-state index is 0.333. The summed E-state index contributed by atoms with van der Waals surface area (Å²) in [4.78, 5) is 26.7. The second kappa shape index (κ2) is 8.74. The number of nitrogens with zero attached hydrogens (tertiary/aromatic N) is 2. The Morgan fingerprint density at radius 1 is 1.04 bits per heavy atom. The molecule has 0 unspecified atom stereocenters. The Labute approximate surface area is 150 Å². The van der Waals surface area contributed by atoms with E-state index in [1.165, 1.54) is 4.90 Å². The summed E-state index contributed by atoms with van der Waals surface area (Å²) < 4.78 is 5.27. The SMILES string of the molecule is CC(C)(C)OC(=O)NCC1CCN(CC2CCN(C(=O)O)CC2)CC1. The van der Waals surface area contributed by atoms with Crippen molar-refractivity contribution in [3.63, 3.8) is 0 Å². The number of alkyl carbamates (subject to hydrolysis) is 1. The highest BCUT2D eigenvalue weighted by Crippen LogP contribution is 2.22. The number of hydrogen-bond acceptors (Lipinski definition) is 4. The molecule has 0 aromatic heterocycles. The van der Waals surface area contributed by atoms with Crippen LogP contribution in [0.25, 0.3) is 0 Å². The third-order valence-corrected chi connectivity index (χ3v) is 5.04. The molecule has 0 atom stereocenters. The molecule has 2 amide bonds.